The molecule has 90 valence electrons. The lowest BCUT2D eigenvalue weighted by Gasteiger charge is -2.17. The SMILES string of the molecule is CCOC(Cn1cncn1)c1ccc(Cl)cc1. The minimum atomic E-state index is -0.0287. The fourth-order valence-corrected chi connectivity index (χ4v) is 1.76. The van der Waals surface area contributed by atoms with E-state index in [1.165, 1.54) is 6.33 Å². The van der Waals surface area contributed by atoms with Gasteiger partial charge < -0.3 is 4.74 Å². The molecular formula is C12H14ClN3O. The smallest absolute Gasteiger partial charge is 0.137 e. The first kappa shape index (κ1) is 12.1. The number of benzene rings is 1. The number of ether oxygens (including phenoxy) is 1. The molecule has 17 heavy (non-hydrogen) atoms. The highest BCUT2D eigenvalue weighted by Crippen LogP contribution is 2.21. The molecule has 0 saturated heterocycles. The van der Waals surface area contributed by atoms with Crippen molar-refractivity contribution in [2.24, 2.45) is 0 Å². The Hall–Kier alpha value is -1.39. The molecule has 1 atom stereocenters. The summed E-state index contributed by atoms with van der Waals surface area (Å²) in [4.78, 5) is 3.92. The third-order valence-electron chi connectivity index (χ3n) is 2.43. The van der Waals surface area contributed by atoms with Crippen LogP contribution in [0.1, 0.15) is 18.6 Å². The van der Waals surface area contributed by atoms with E-state index in [0.29, 0.717) is 13.2 Å². The standard InChI is InChI=1S/C12H14ClN3O/c1-2-17-12(7-16-9-14-8-15-16)10-3-5-11(13)6-4-10/h3-6,8-9,12H,2,7H2,1H3. The van der Waals surface area contributed by atoms with Gasteiger partial charge in [0, 0.05) is 11.6 Å². The Balaban J connectivity index is 2.13. The molecule has 0 bridgehead atoms. The third kappa shape index (κ3) is 3.28. The summed E-state index contributed by atoms with van der Waals surface area (Å²) in [7, 11) is 0. The Bertz CT molecular complexity index is 441. The van der Waals surface area contributed by atoms with Gasteiger partial charge in [-0.2, -0.15) is 5.10 Å². The maximum absolute atomic E-state index is 5.87. The average Bonchev–Trinajstić information content (AvgIpc) is 2.82. The van der Waals surface area contributed by atoms with Crippen LogP contribution in [0.5, 0.6) is 0 Å². The summed E-state index contributed by atoms with van der Waals surface area (Å²) in [6.45, 7) is 3.28. The lowest BCUT2D eigenvalue weighted by molar-refractivity contribution is 0.0471. The van der Waals surface area contributed by atoms with Gasteiger partial charge in [0.05, 0.1) is 6.54 Å². The normalized spacial score (nSPS) is 12.6. The van der Waals surface area contributed by atoms with E-state index in [4.69, 9.17) is 16.3 Å². The van der Waals surface area contributed by atoms with Crippen LogP contribution in [0.2, 0.25) is 5.02 Å². The quantitative estimate of drug-likeness (QED) is 0.820. The van der Waals surface area contributed by atoms with Crippen LogP contribution in [0.15, 0.2) is 36.9 Å². The van der Waals surface area contributed by atoms with Crippen molar-refractivity contribution >= 4 is 11.6 Å². The Morgan fingerprint density at radius 1 is 1.35 bits per heavy atom. The molecule has 0 amide bonds. The molecule has 0 N–H and O–H groups in total. The minimum Gasteiger partial charge on any atom is -0.372 e. The molecule has 2 rings (SSSR count). The molecular weight excluding hydrogens is 238 g/mol. The zero-order valence-electron chi connectivity index (χ0n) is 9.58. The van der Waals surface area contributed by atoms with E-state index in [0.717, 1.165) is 10.6 Å². The van der Waals surface area contributed by atoms with Crippen molar-refractivity contribution in [2.75, 3.05) is 6.61 Å². The van der Waals surface area contributed by atoms with Gasteiger partial charge in [-0.3, -0.25) is 4.68 Å². The predicted molar refractivity (Wildman–Crippen MR) is 65.8 cm³/mol. The van der Waals surface area contributed by atoms with Crippen molar-refractivity contribution in [1.29, 1.82) is 0 Å². The molecule has 1 heterocycles. The molecule has 1 aromatic carbocycles. The fraction of sp³-hybridized carbons (Fsp3) is 0.333. The first-order valence-electron chi connectivity index (χ1n) is 5.49. The van der Waals surface area contributed by atoms with Crippen LogP contribution < -0.4 is 0 Å². The van der Waals surface area contributed by atoms with Gasteiger partial charge in [-0.05, 0) is 24.6 Å². The highest BCUT2D eigenvalue weighted by molar-refractivity contribution is 6.30. The van der Waals surface area contributed by atoms with Gasteiger partial charge in [0.15, 0.2) is 0 Å². The molecule has 0 radical (unpaired) electrons. The summed E-state index contributed by atoms with van der Waals surface area (Å²) in [6.07, 6.45) is 3.17. The first-order chi connectivity index (χ1) is 8.29. The number of hydrogen-bond acceptors (Lipinski definition) is 3. The maximum Gasteiger partial charge on any atom is 0.137 e. The number of hydrogen-bond donors (Lipinski definition) is 0. The fourth-order valence-electron chi connectivity index (χ4n) is 1.63. The monoisotopic (exact) mass is 251 g/mol. The van der Waals surface area contributed by atoms with Crippen molar-refractivity contribution in [3.63, 3.8) is 0 Å². The first-order valence-corrected chi connectivity index (χ1v) is 5.87. The van der Waals surface area contributed by atoms with Crippen LogP contribution in [-0.2, 0) is 11.3 Å². The van der Waals surface area contributed by atoms with Crippen molar-refractivity contribution in [3.8, 4) is 0 Å². The second-order valence-corrected chi connectivity index (χ2v) is 4.05. The predicted octanol–water partition coefficient (Wildman–Crippen LogP) is 2.71. The molecule has 0 aliphatic rings. The topological polar surface area (TPSA) is 39.9 Å². The molecule has 2 aromatic rings. The van der Waals surface area contributed by atoms with Crippen molar-refractivity contribution in [1.82, 2.24) is 14.8 Å². The van der Waals surface area contributed by atoms with E-state index in [9.17, 15) is 0 Å². The maximum atomic E-state index is 5.87. The lowest BCUT2D eigenvalue weighted by atomic mass is 10.1. The Morgan fingerprint density at radius 3 is 2.71 bits per heavy atom. The van der Waals surface area contributed by atoms with Crippen molar-refractivity contribution in [2.45, 2.75) is 19.6 Å². The van der Waals surface area contributed by atoms with Crippen LogP contribution in [0.4, 0.5) is 0 Å². The molecule has 0 aliphatic heterocycles. The van der Waals surface area contributed by atoms with Crippen LogP contribution >= 0.6 is 11.6 Å². The largest absolute Gasteiger partial charge is 0.372 e. The summed E-state index contributed by atoms with van der Waals surface area (Å²) in [5, 5.41) is 4.81. The van der Waals surface area contributed by atoms with E-state index >= 15 is 0 Å². The van der Waals surface area contributed by atoms with Gasteiger partial charge in [0.1, 0.15) is 18.8 Å². The third-order valence-corrected chi connectivity index (χ3v) is 2.68. The summed E-state index contributed by atoms with van der Waals surface area (Å²) in [5.41, 5.74) is 1.09. The molecule has 0 fully saturated rings. The van der Waals surface area contributed by atoms with E-state index in [2.05, 4.69) is 10.1 Å². The van der Waals surface area contributed by atoms with E-state index in [-0.39, 0.29) is 6.10 Å². The minimum absolute atomic E-state index is 0.0287. The molecule has 5 heteroatoms. The van der Waals surface area contributed by atoms with Gasteiger partial charge in [-0.25, -0.2) is 4.98 Å². The van der Waals surface area contributed by atoms with Gasteiger partial charge >= 0.3 is 0 Å². The molecule has 0 aliphatic carbocycles. The Morgan fingerprint density at radius 2 is 2.12 bits per heavy atom. The molecule has 4 nitrogen and oxygen atoms in total. The summed E-state index contributed by atoms with van der Waals surface area (Å²) >= 11 is 5.87. The summed E-state index contributed by atoms with van der Waals surface area (Å²) < 4.78 is 7.47. The molecule has 0 spiro atoms. The average molecular weight is 252 g/mol. The van der Waals surface area contributed by atoms with Gasteiger partial charge in [-0.15, -0.1) is 0 Å². The number of aromatic nitrogens is 3. The Kier molecular flexibility index (Phi) is 4.12. The highest BCUT2D eigenvalue weighted by Gasteiger charge is 2.12. The van der Waals surface area contributed by atoms with E-state index in [1.54, 1.807) is 11.0 Å². The molecule has 0 saturated carbocycles. The second-order valence-electron chi connectivity index (χ2n) is 3.61. The second kappa shape index (κ2) is 5.80. The molecule has 1 aromatic heterocycles. The number of nitrogens with zero attached hydrogens (tertiary/aromatic N) is 3. The molecule has 1 unspecified atom stereocenters. The number of halogens is 1. The van der Waals surface area contributed by atoms with E-state index in [1.807, 2.05) is 31.2 Å². The number of rotatable bonds is 5. The van der Waals surface area contributed by atoms with E-state index < -0.39 is 0 Å². The zero-order chi connectivity index (χ0) is 12.1. The Labute approximate surface area is 105 Å². The van der Waals surface area contributed by atoms with Gasteiger partial charge in [0.25, 0.3) is 0 Å². The summed E-state index contributed by atoms with van der Waals surface area (Å²) in [6, 6.07) is 7.67. The van der Waals surface area contributed by atoms with Crippen molar-refractivity contribution < 1.29 is 4.74 Å². The van der Waals surface area contributed by atoms with Gasteiger partial charge in [-0.1, -0.05) is 23.7 Å². The van der Waals surface area contributed by atoms with Gasteiger partial charge in [0.2, 0.25) is 0 Å². The van der Waals surface area contributed by atoms with Crippen molar-refractivity contribution in [3.05, 3.63) is 47.5 Å². The zero-order valence-corrected chi connectivity index (χ0v) is 10.3. The van der Waals surface area contributed by atoms with Crippen LogP contribution in [0, 0.1) is 0 Å². The van der Waals surface area contributed by atoms with Crippen LogP contribution in [0.3, 0.4) is 0 Å². The van der Waals surface area contributed by atoms with Crippen LogP contribution in [-0.4, -0.2) is 21.4 Å². The lowest BCUT2D eigenvalue weighted by Crippen LogP contribution is -2.13. The van der Waals surface area contributed by atoms with Crippen LogP contribution in [0.25, 0.3) is 0 Å². The summed E-state index contributed by atoms with van der Waals surface area (Å²) in [5.74, 6) is 0. The highest BCUT2D eigenvalue weighted by atomic mass is 35.5.